The lowest BCUT2D eigenvalue weighted by Crippen LogP contribution is -2.35. The Balaban J connectivity index is 2.28. The number of sulfonamides is 1. The summed E-state index contributed by atoms with van der Waals surface area (Å²) in [4.78, 5) is 4.05. The lowest BCUT2D eigenvalue weighted by atomic mass is 10.3. The Kier molecular flexibility index (Phi) is 5.31. The fraction of sp³-hybridized carbons (Fsp3) is 0.500. The normalized spacial score (nSPS) is 14.8. The van der Waals surface area contributed by atoms with Crippen LogP contribution in [0.4, 0.5) is 0 Å². The summed E-state index contributed by atoms with van der Waals surface area (Å²) in [5.74, 6) is 5.14. The van der Waals surface area contributed by atoms with E-state index in [1.54, 1.807) is 7.11 Å². The van der Waals surface area contributed by atoms with Crippen LogP contribution < -0.4 is 0 Å². The van der Waals surface area contributed by atoms with Gasteiger partial charge in [-0.3, -0.25) is 4.98 Å². The molecule has 1 saturated carbocycles. The molecule has 0 bridgehead atoms. The van der Waals surface area contributed by atoms with Gasteiger partial charge in [0, 0.05) is 37.7 Å². The van der Waals surface area contributed by atoms with Crippen LogP contribution in [-0.4, -0.2) is 55.7 Å². The first-order valence-corrected chi connectivity index (χ1v) is 8.09. The number of methoxy groups -OCH3 is 1. The Morgan fingerprint density at radius 2 is 2.24 bits per heavy atom. The van der Waals surface area contributed by atoms with Gasteiger partial charge in [0.1, 0.15) is 11.5 Å². The van der Waals surface area contributed by atoms with E-state index < -0.39 is 10.0 Å². The standard InChI is InChI=1S/C14H18N2O4S/c1-20-8-6-16(13-4-5-13)21(18,19)14-9-12(3-2-7-17)10-15-11-14/h9-11,13,17H,4-8H2,1H3. The third-order valence-electron chi connectivity index (χ3n) is 3.10. The van der Waals surface area contributed by atoms with E-state index in [4.69, 9.17) is 9.84 Å². The smallest absolute Gasteiger partial charge is 0.244 e. The molecule has 1 aromatic rings. The van der Waals surface area contributed by atoms with Gasteiger partial charge in [-0.15, -0.1) is 0 Å². The Labute approximate surface area is 124 Å². The highest BCUT2D eigenvalue weighted by molar-refractivity contribution is 7.89. The molecule has 0 saturated heterocycles. The molecule has 0 radical (unpaired) electrons. The zero-order valence-corrected chi connectivity index (χ0v) is 12.6. The van der Waals surface area contributed by atoms with Crippen LogP contribution in [0.1, 0.15) is 18.4 Å². The lowest BCUT2D eigenvalue weighted by Gasteiger charge is -2.21. The summed E-state index contributed by atoms with van der Waals surface area (Å²) in [7, 11) is -2.05. The van der Waals surface area contributed by atoms with Crippen molar-refractivity contribution in [1.82, 2.24) is 9.29 Å². The second-order valence-corrected chi connectivity index (χ2v) is 6.60. The van der Waals surface area contributed by atoms with Gasteiger partial charge in [0.15, 0.2) is 0 Å². The maximum absolute atomic E-state index is 12.7. The van der Waals surface area contributed by atoms with Gasteiger partial charge < -0.3 is 9.84 Å². The number of nitrogens with zero attached hydrogens (tertiary/aromatic N) is 2. The molecule has 0 aromatic carbocycles. The van der Waals surface area contributed by atoms with Gasteiger partial charge in [-0.2, -0.15) is 4.31 Å². The average Bonchev–Trinajstić information content (AvgIpc) is 3.30. The van der Waals surface area contributed by atoms with Gasteiger partial charge >= 0.3 is 0 Å². The minimum atomic E-state index is -3.60. The summed E-state index contributed by atoms with van der Waals surface area (Å²) < 4.78 is 31.8. The molecule has 114 valence electrons. The van der Waals surface area contributed by atoms with Crippen LogP contribution in [0, 0.1) is 11.8 Å². The van der Waals surface area contributed by atoms with Gasteiger partial charge in [0.25, 0.3) is 0 Å². The molecule has 6 nitrogen and oxygen atoms in total. The van der Waals surface area contributed by atoms with E-state index in [0.29, 0.717) is 18.7 Å². The van der Waals surface area contributed by atoms with Gasteiger partial charge in [-0.1, -0.05) is 11.8 Å². The Bertz CT molecular complexity index is 644. The van der Waals surface area contributed by atoms with Crippen LogP contribution in [0.3, 0.4) is 0 Å². The number of aromatic nitrogens is 1. The number of rotatable bonds is 6. The topological polar surface area (TPSA) is 79.7 Å². The molecule has 0 unspecified atom stereocenters. The van der Waals surface area contributed by atoms with E-state index in [0.717, 1.165) is 12.8 Å². The third-order valence-corrected chi connectivity index (χ3v) is 5.02. The molecular weight excluding hydrogens is 292 g/mol. The first-order chi connectivity index (χ1) is 10.1. The first-order valence-electron chi connectivity index (χ1n) is 6.65. The fourth-order valence-corrected chi connectivity index (χ4v) is 3.61. The van der Waals surface area contributed by atoms with Crippen LogP contribution >= 0.6 is 0 Å². The molecule has 0 atom stereocenters. The number of hydrogen-bond acceptors (Lipinski definition) is 5. The molecule has 1 heterocycles. The predicted molar refractivity (Wildman–Crippen MR) is 77.0 cm³/mol. The quantitative estimate of drug-likeness (QED) is 0.761. The zero-order valence-electron chi connectivity index (χ0n) is 11.8. The van der Waals surface area contributed by atoms with E-state index in [-0.39, 0.29) is 17.5 Å². The monoisotopic (exact) mass is 310 g/mol. The van der Waals surface area contributed by atoms with Crippen LogP contribution in [0.15, 0.2) is 23.4 Å². The van der Waals surface area contributed by atoms with Crippen LogP contribution in [-0.2, 0) is 14.8 Å². The molecule has 0 aliphatic heterocycles. The molecule has 1 N–H and O–H groups in total. The molecule has 1 aliphatic carbocycles. The summed E-state index contributed by atoms with van der Waals surface area (Å²) in [5, 5.41) is 8.69. The molecule has 1 aromatic heterocycles. The van der Waals surface area contributed by atoms with Crippen molar-refractivity contribution in [3.05, 3.63) is 24.0 Å². The molecule has 7 heteroatoms. The minimum absolute atomic E-state index is 0.0531. The summed E-state index contributed by atoms with van der Waals surface area (Å²) in [5.41, 5.74) is 0.465. The van der Waals surface area contributed by atoms with Crippen LogP contribution in [0.5, 0.6) is 0 Å². The van der Waals surface area contributed by atoms with Crippen LogP contribution in [0.25, 0.3) is 0 Å². The first kappa shape index (κ1) is 15.9. The second-order valence-electron chi connectivity index (χ2n) is 4.71. The molecule has 0 spiro atoms. The molecule has 1 fully saturated rings. The number of pyridine rings is 1. The second kappa shape index (κ2) is 7.00. The van der Waals surface area contributed by atoms with Gasteiger partial charge in [0.2, 0.25) is 10.0 Å². The highest BCUT2D eigenvalue weighted by Gasteiger charge is 2.37. The summed E-state index contributed by atoms with van der Waals surface area (Å²) in [6.45, 7) is 0.405. The number of aliphatic hydroxyl groups excluding tert-OH is 1. The van der Waals surface area contributed by atoms with Crippen molar-refractivity contribution < 1.29 is 18.3 Å². The molecular formula is C14H18N2O4S. The predicted octanol–water partition coefficient (Wildman–Crippen LogP) is 0.225. The molecule has 1 aliphatic rings. The molecule has 21 heavy (non-hydrogen) atoms. The summed E-state index contributed by atoms with van der Waals surface area (Å²) in [6, 6.07) is 1.53. The Morgan fingerprint density at radius 3 is 2.86 bits per heavy atom. The van der Waals surface area contributed by atoms with E-state index in [1.165, 1.54) is 22.8 Å². The van der Waals surface area contributed by atoms with E-state index in [1.807, 2.05) is 0 Å². The van der Waals surface area contributed by atoms with Crippen molar-refractivity contribution in [3.8, 4) is 11.8 Å². The third kappa shape index (κ3) is 4.02. The Morgan fingerprint density at radius 1 is 1.48 bits per heavy atom. The van der Waals surface area contributed by atoms with Gasteiger partial charge in [-0.05, 0) is 18.9 Å². The summed E-state index contributed by atoms with van der Waals surface area (Å²) in [6.07, 6.45) is 4.54. The largest absolute Gasteiger partial charge is 0.384 e. The summed E-state index contributed by atoms with van der Waals surface area (Å²) >= 11 is 0. The zero-order chi connectivity index (χ0) is 15.3. The molecule has 0 amide bonds. The van der Waals surface area contributed by atoms with Crippen molar-refractivity contribution in [1.29, 1.82) is 0 Å². The lowest BCUT2D eigenvalue weighted by molar-refractivity contribution is 0.177. The van der Waals surface area contributed by atoms with E-state index >= 15 is 0 Å². The number of hydrogen-bond donors (Lipinski definition) is 1. The minimum Gasteiger partial charge on any atom is -0.384 e. The Hall–Kier alpha value is -1.46. The van der Waals surface area contributed by atoms with Gasteiger partial charge in [-0.25, -0.2) is 8.42 Å². The van der Waals surface area contributed by atoms with Crippen LogP contribution in [0.2, 0.25) is 0 Å². The molecule has 2 rings (SSSR count). The fourth-order valence-electron chi connectivity index (χ4n) is 1.95. The van der Waals surface area contributed by atoms with Crippen molar-refractivity contribution in [2.75, 3.05) is 26.9 Å². The van der Waals surface area contributed by atoms with E-state index in [9.17, 15) is 8.42 Å². The van der Waals surface area contributed by atoms with Crippen molar-refractivity contribution >= 4 is 10.0 Å². The maximum Gasteiger partial charge on any atom is 0.244 e. The number of aliphatic hydroxyl groups is 1. The van der Waals surface area contributed by atoms with Crippen molar-refractivity contribution in [2.24, 2.45) is 0 Å². The maximum atomic E-state index is 12.7. The average molecular weight is 310 g/mol. The number of ether oxygens (including phenoxy) is 1. The SMILES string of the molecule is COCCN(C1CC1)S(=O)(=O)c1cncc(C#CCO)c1. The highest BCUT2D eigenvalue weighted by atomic mass is 32.2. The highest BCUT2D eigenvalue weighted by Crippen LogP contribution is 2.31. The van der Waals surface area contributed by atoms with Gasteiger partial charge in [0.05, 0.1) is 6.61 Å². The van der Waals surface area contributed by atoms with Crippen molar-refractivity contribution in [3.63, 3.8) is 0 Å². The van der Waals surface area contributed by atoms with Crippen molar-refractivity contribution in [2.45, 2.75) is 23.8 Å². The van der Waals surface area contributed by atoms with E-state index in [2.05, 4.69) is 16.8 Å².